The van der Waals surface area contributed by atoms with Crippen molar-refractivity contribution in [3.63, 3.8) is 0 Å². The number of aliphatic carboxylic acids is 1. The van der Waals surface area contributed by atoms with E-state index in [0.717, 1.165) is 12.1 Å². The van der Waals surface area contributed by atoms with Gasteiger partial charge in [-0.15, -0.1) is 0 Å². The second-order valence-electron chi connectivity index (χ2n) is 9.75. The summed E-state index contributed by atoms with van der Waals surface area (Å²) in [5, 5.41) is 15.2. The van der Waals surface area contributed by atoms with Gasteiger partial charge in [0.2, 0.25) is 0 Å². The Labute approximate surface area is 249 Å². The lowest BCUT2D eigenvalue weighted by Gasteiger charge is -2.32. The van der Waals surface area contributed by atoms with Gasteiger partial charge >= 0.3 is 12.1 Å². The number of hydrogen-bond acceptors (Lipinski definition) is 4. The molecule has 1 aliphatic heterocycles. The lowest BCUT2D eigenvalue weighted by atomic mass is 10.0. The van der Waals surface area contributed by atoms with Gasteiger partial charge in [0.05, 0.1) is 28.4 Å². The second kappa shape index (κ2) is 12.1. The van der Waals surface area contributed by atoms with Crippen molar-refractivity contribution in [2.75, 3.05) is 13.1 Å². The third-order valence-electron chi connectivity index (χ3n) is 6.91. The van der Waals surface area contributed by atoms with Crippen LogP contribution in [0.4, 0.5) is 13.2 Å². The third-order valence-corrected chi connectivity index (χ3v) is 7.48. The molecule has 218 valence electrons. The number of halogens is 5. The minimum absolute atomic E-state index is 0.0282. The van der Waals surface area contributed by atoms with Crippen LogP contribution in [0.25, 0.3) is 16.9 Å². The fraction of sp³-hybridized carbons (Fsp3) is 0.233. The molecule has 3 aromatic carbocycles. The van der Waals surface area contributed by atoms with Gasteiger partial charge in [-0.05, 0) is 42.5 Å². The van der Waals surface area contributed by atoms with Crippen LogP contribution < -0.4 is 4.74 Å². The monoisotopic (exact) mass is 617 g/mol. The van der Waals surface area contributed by atoms with Crippen molar-refractivity contribution in [3.8, 4) is 22.7 Å². The maximum atomic E-state index is 13.8. The number of rotatable bonds is 7. The highest BCUT2D eigenvalue weighted by Crippen LogP contribution is 2.35. The van der Waals surface area contributed by atoms with Crippen LogP contribution in [0.15, 0.2) is 72.8 Å². The zero-order valence-corrected chi connectivity index (χ0v) is 23.5. The number of piperidine rings is 1. The Morgan fingerprint density at radius 1 is 0.976 bits per heavy atom. The first-order valence-corrected chi connectivity index (χ1v) is 13.7. The molecule has 7 nitrogen and oxygen atoms in total. The number of benzene rings is 3. The molecular weight excluding hydrogens is 594 g/mol. The van der Waals surface area contributed by atoms with Crippen LogP contribution in [-0.2, 0) is 17.4 Å². The molecule has 1 fully saturated rings. The molecule has 42 heavy (non-hydrogen) atoms. The number of likely N-dealkylation sites (tertiary alicyclic amines) is 1. The Morgan fingerprint density at radius 3 is 2.31 bits per heavy atom. The van der Waals surface area contributed by atoms with Crippen LogP contribution in [0.1, 0.15) is 34.5 Å². The van der Waals surface area contributed by atoms with E-state index >= 15 is 0 Å². The maximum Gasteiger partial charge on any atom is 0.416 e. The summed E-state index contributed by atoms with van der Waals surface area (Å²) >= 11 is 12.6. The third kappa shape index (κ3) is 6.39. The van der Waals surface area contributed by atoms with Gasteiger partial charge in [-0.3, -0.25) is 9.59 Å². The van der Waals surface area contributed by atoms with Gasteiger partial charge < -0.3 is 14.7 Å². The zero-order valence-electron chi connectivity index (χ0n) is 21.9. The predicted molar refractivity (Wildman–Crippen MR) is 151 cm³/mol. The van der Waals surface area contributed by atoms with Gasteiger partial charge in [-0.2, -0.15) is 18.3 Å². The highest BCUT2D eigenvalue weighted by molar-refractivity contribution is 6.32. The van der Waals surface area contributed by atoms with Gasteiger partial charge in [0.15, 0.2) is 5.69 Å². The van der Waals surface area contributed by atoms with E-state index in [-0.39, 0.29) is 30.1 Å². The number of carbonyl (C=O) groups is 2. The molecule has 0 bridgehead atoms. The average molecular weight is 618 g/mol. The Balaban J connectivity index is 1.44. The molecule has 0 atom stereocenters. The van der Waals surface area contributed by atoms with Crippen molar-refractivity contribution in [1.29, 1.82) is 0 Å². The van der Waals surface area contributed by atoms with E-state index < -0.39 is 36.1 Å². The minimum atomic E-state index is -4.49. The first kappa shape index (κ1) is 29.5. The van der Waals surface area contributed by atoms with Crippen LogP contribution >= 0.6 is 23.2 Å². The highest BCUT2D eigenvalue weighted by atomic mass is 35.5. The molecule has 1 saturated heterocycles. The number of aromatic nitrogens is 2. The first-order chi connectivity index (χ1) is 20.0. The van der Waals surface area contributed by atoms with Crippen molar-refractivity contribution in [2.45, 2.75) is 31.5 Å². The summed E-state index contributed by atoms with van der Waals surface area (Å²) in [6, 6.07) is 18.3. The van der Waals surface area contributed by atoms with Gasteiger partial charge in [0, 0.05) is 42.1 Å². The second-order valence-corrected chi connectivity index (χ2v) is 10.6. The molecule has 1 N–H and O–H groups in total. The summed E-state index contributed by atoms with van der Waals surface area (Å²) in [5.74, 6) is -1.51. The number of para-hydroxylation sites is 1. The largest absolute Gasteiger partial charge is 0.490 e. The van der Waals surface area contributed by atoms with Crippen LogP contribution in [0.5, 0.6) is 5.75 Å². The molecule has 0 aliphatic carbocycles. The topological polar surface area (TPSA) is 84.7 Å². The number of carbonyl (C=O) groups excluding carboxylic acids is 1. The Kier molecular flexibility index (Phi) is 8.47. The summed E-state index contributed by atoms with van der Waals surface area (Å²) in [6.45, 7) is 0.481. The van der Waals surface area contributed by atoms with E-state index in [1.165, 1.54) is 16.8 Å². The first-order valence-electron chi connectivity index (χ1n) is 13.0. The van der Waals surface area contributed by atoms with Gasteiger partial charge in [0.1, 0.15) is 11.9 Å². The number of alkyl halides is 3. The molecule has 1 aliphatic rings. The van der Waals surface area contributed by atoms with E-state index in [4.69, 9.17) is 27.9 Å². The van der Waals surface area contributed by atoms with Crippen molar-refractivity contribution in [1.82, 2.24) is 14.7 Å². The van der Waals surface area contributed by atoms with Crippen molar-refractivity contribution in [2.24, 2.45) is 0 Å². The number of nitrogens with zero attached hydrogens (tertiary/aromatic N) is 3. The summed E-state index contributed by atoms with van der Waals surface area (Å²) < 4.78 is 46.5. The number of carboxylic acid groups (broad SMARTS) is 1. The summed E-state index contributed by atoms with van der Waals surface area (Å²) in [4.78, 5) is 27.3. The summed E-state index contributed by atoms with van der Waals surface area (Å²) in [7, 11) is 0. The predicted octanol–water partition coefficient (Wildman–Crippen LogP) is 7.18. The van der Waals surface area contributed by atoms with Crippen LogP contribution in [0.2, 0.25) is 10.0 Å². The van der Waals surface area contributed by atoms with E-state index in [0.29, 0.717) is 39.8 Å². The van der Waals surface area contributed by atoms with Gasteiger partial charge in [-0.1, -0.05) is 53.5 Å². The lowest BCUT2D eigenvalue weighted by Crippen LogP contribution is -2.42. The van der Waals surface area contributed by atoms with Crippen molar-refractivity contribution >= 4 is 35.1 Å². The maximum absolute atomic E-state index is 13.8. The fourth-order valence-electron chi connectivity index (χ4n) is 4.91. The van der Waals surface area contributed by atoms with E-state index in [1.807, 2.05) is 0 Å². The van der Waals surface area contributed by atoms with Crippen LogP contribution in [0.3, 0.4) is 0 Å². The Hall–Kier alpha value is -4.02. The molecule has 5 rings (SSSR count). The molecule has 2 heterocycles. The SMILES string of the molecule is O=C(O)Cc1c(C(=O)N2CCC(Oc3cccc(C(F)(F)F)c3)CC2)nn(-c2ccccc2Cl)c1-c1ccc(Cl)cc1. The van der Waals surface area contributed by atoms with Crippen LogP contribution in [-0.4, -0.2) is 50.9 Å². The minimum Gasteiger partial charge on any atom is -0.490 e. The Bertz CT molecular complexity index is 1620. The summed E-state index contributed by atoms with van der Waals surface area (Å²) in [5.41, 5.74) is 0.840. The average Bonchev–Trinajstić information content (AvgIpc) is 3.31. The molecule has 0 radical (unpaired) electrons. The number of amides is 1. The van der Waals surface area contributed by atoms with Gasteiger partial charge in [-0.25, -0.2) is 4.68 Å². The van der Waals surface area contributed by atoms with Gasteiger partial charge in [0.25, 0.3) is 5.91 Å². The fourth-order valence-corrected chi connectivity index (χ4v) is 5.25. The van der Waals surface area contributed by atoms with E-state index in [2.05, 4.69) is 5.10 Å². The summed E-state index contributed by atoms with van der Waals surface area (Å²) in [6.07, 6.45) is -4.63. The molecular formula is C30H24Cl2F3N3O4. The number of hydrogen-bond donors (Lipinski definition) is 1. The molecule has 0 spiro atoms. The normalized spacial score (nSPS) is 14.2. The molecule has 12 heteroatoms. The van der Waals surface area contributed by atoms with E-state index in [9.17, 15) is 27.9 Å². The Morgan fingerprint density at radius 2 is 1.67 bits per heavy atom. The van der Waals surface area contributed by atoms with Crippen LogP contribution in [0, 0.1) is 0 Å². The molecule has 4 aromatic rings. The quantitative estimate of drug-likeness (QED) is 0.237. The number of ether oxygens (including phenoxy) is 1. The zero-order chi connectivity index (χ0) is 30.0. The lowest BCUT2D eigenvalue weighted by molar-refractivity contribution is -0.138. The molecule has 0 saturated carbocycles. The molecule has 1 aromatic heterocycles. The number of carboxylic acids is 1. The molecule has 1 amide bonds. The highest BCUT2D eigenvalue weighted by Gasteiger charge is 2.33. The van der Waals surface area contributed by atoms with Crippen molar-refractivity contribution in [3.05, 3.63) is 99.7 Å². The smallest absolute Gasteiger partial charge is 0.416 e. The van der Waals surface area contributed by atoms with E-state index in [1.54, 1.807) is 53.4 Å². The molecule has 0 unspecified atom stereocenters. The standard InChI is InChI=1S/C30H24Cl2F3N3O4/c31-20-10-8-18(9-11-20)28-23(17-26(39)40)27(36-38(28)25-7-2-1-6-24(25)32)29(41)37-14-12-21(13-15-37)42-22-5-3-4-19(16-22)30(33,34)35/h1-11,16,21H,12-15,17H2,(H,39,40). The van der Waals surface area contributed by atoms with Crippen molar-refractivity contribution < 1.29 is 32.6 Å².